The van der Waals surface area contributed by atoms with Crippen molar-refractivity contribution in [3.05, 3.63) is 35.4 Å². The summed E-state index contributed by atoms with van der Waals surface area (Å²) in [6.45, 7) is 4.31. The standard InChI is InChI=1S/C14H20O5S/c1-11(2)18-7-8-19-14(15)13-6-4-5-12(9-13)10-20(3,16)17/h4-6,9,11H,7-8,10H2,1-3H3. The minimum atomic E-state index is -3.12. The van der Waals surface area contributed by atoms with Crippen LogP contribution in [0, 0.1) is 0 Å². The van der Waals surface area contributed by atoms with Gasteiger partial charge in [0.05, 0.1) is 24.0 Å². The monoisotopic (exact) mass is 300 g/mol. The topological polar surface area (TPSA) is 69.7 Å². The van der Waals surface area contributed by atoms with Crippen LogP contribution in [0.1, 0.15) is 29.8 Å². The van der Waals surface area contributed by atoms with Crippen LogP contribution in [0.2, 0.25) is 0 Å². The molecule has 0 radical (unpaired) electrons. The molecule has 1 rings (SSSR count). The van der Waals surface area contributed by atoms with Crippen molar-refractivity contribution >= 4 is 15.8 Å². The molecule has 1 aromatic carbocycles. The summed E-state index contributed by atoms with van der Waals surface area (Å²) >= 11 is 0. The zero-order valence-electron chi connectivity index (χ0n) is 12.0. The van der Waals surface area contributed by atoms with Crippen LogP contribution in [0.4, 0.5) is 0 Å². The van der Waals surface area contributed by atoms with Gasteiger partial charge >= 0.3 is 5.97 Å². The highest BCUT2D eigenvalue weighted by atomic mass is 32.2. The fourth-order valence-electron chi connectivity index (χ4n) is 1.59. The van der Waals surface area contributed by atoms with Crippen molar-refractivity contribution in [3.63, 3.8) is 0 Å². The van der Waals surface area contributed by atoms with E-state index in [2.05, 4.69) is 0 Å². The second-order valence-electron chi connectivity index (χ2n) is 4.83. The molecule has 0 atom stereocenters. The van der Waals surface area contributed by atoms with Gasteiger partial charge in [0.15, 0.2) is 9.84 Å². The number of benzene rings is 1. The first-order valence-corrected chi connectivity index (χ1v) is 8.39. The molecule has 0 unspecified atom stereocenters. The number of hydrogen-bond donors (Lipinski definition) is 0. The normalized spacial score (nSPS) is 11.6. The Morgan fingerprint density at radius 3 is 2.55 bits per heavy atom. The molecule has 6 heteroatoms. The highest BCUT2D eigenvalue weighted by molar-refractivity contribution is 7.89. The van der Waals surface area contributed by atoms with Crippen molar-refractivity contribution in [3.8, 4) is 0 Å². The third-order valence-electron chi connectivity index (χ3n) is 2.36. The lowest BCUT2D eigenvalue weighted by Gasteiger charge is -2.09. The minimum Gasteiger partial charge on any atom is -0.460 e. The highest BCUT2D eigenvalue weighted by Gasteiger charge is 2.10. The average Bonchev–Trinajstić information content (AvgIpc) is 2.32. The molecule has 0 N–H and O–H groups in total. The summed E-state index contributed by atoms with van der Waals surface area (Å²) in [4.78, 5) is 11.8. The first-order chi connectivity index (χ1) is 9.28. The van der Waals surface area contributed by atoms with Gasteiger partial charge in [-0.1, -0.05) is 12.1 Å². The second kappa shape index (κ2) is 7.40. The number of hydrogen-bond acceptors (Lipinski definition) is 5. The SMILES string of the molecule is CC(C)OCCOC(=O)c1cccc(CS(C)(=O)=O)c1. The molecule has 0 saturated heterocycles. The molecule has 0 heterocycles. The summed E-state index contributed by atoms with van der Waals surface area (Å²) in [6, 6.07) is 6.44. The number of ether oxygens (including phenoxy) is 2. The molecule has 0 saturated carbocycles. The van der Waals surface area contributed by atoms with Crippen molar-refractivity contribution in [1.82, 2.24) is 0 Å². The number of rotatable bonds is 7. The molecule has 112 valence electrons. The highest BCUT2D eigenvalue weighted by Crippen LogP contribution is 2.10. The predicted molar refractivity (Wildman–Crippen MR) is 76.4 cm³/mol. The molecule has 0 bridgehead atoms. The fourth-order valence-corrected chi connectivity index (χ4v) is 2.38. The molecular weight excluding hydrogens is 280 g/mol. The zero-order valence-corrected chi connectivity index (χ0v) is 12.8. The van der Waals surface area contributed by atoms with Crippen molar-refractivity contribution in [2.45, 2.75) is 25.7 Å². The van der Waals surface area contributed by atoms with Gasteiger partial charge in [-0.2, -0.15) is 0 Å². The molecule has 0 amide bonds. The van der Waals surface area contributed by atoms with Gasteiger partial charge in [-0.25, -0.2) is 13.2 Å². The molecule has 5 nitrogen and oxygen atoms in total. The molecule has 0 aliphatic heterocycles. The summed E-state index contributed by atoms with van der Waals surface area (Å²) in [5, 5.41) is 0. The van der Waals surface area contributed by atoms with Crippen molar-refractivity contribution < 1.29 is 22.7 Å². The first-order valence-electron chi connectivity index (χ1n) is 6.33. The van der Waals surface area contributed by atoms with Crippen LogP contribution in [0.5, 0.6) is 0 Å². The van der Waals surface area contributed by atoms with Crippen LogP contribution < -0.4 is 0 Å². The van der Waals surface area contributed by atoms with Gasteiger partial charge in [-0.15, -0.1) is 0 Å². The summed E-state index contributed by atoms with van der Waals surface area (Å²) in [6.07, 6.45) is 1.24. The van der Waals surface area contributed by atoms with E-state index in [4.69, 9.17) is 9.47 Å². The van der Waals surface area contributed by atoms with Crippen LogP contribution >= 0.6 is 0 Å². The van der Waals surface area contributed by atoms with Gasteiger partial charge in [0.2, 0.25) is 0 Å². The van der Waals surface area contributed by atoms with Gasteiger partial charge in [-0.3, -0.25) is 0 Å². The van der Waals surface area contributed by atoms with E-state index < -0.39 is 15.8 Å². The number of carbonyl (C=O) groups excluding carboxylic acids is 1. The molecule has 1 aromatic rings. The van der Waals surface area contributed by atoms with Crippen LogP contribution in [0.3, 0.4) is 0 Å². The predicted octanol–water partition coefficient (Wildman–Crippen LogP) is 1.81. The van der Waals surface area contributed by atoms with Gasteiger partial charge in [0, 0.05) is 6.26 Å². The summed E-state index contributed by atoms with van der Waals surface area (Å²) in [7, 11) is -3.12. The van der Waals surface area contributed by atoms with Crippen LogP contribution in [-0.2, 0) is 25.1 Å². The van der Waals surface area contributed by atoms with E-state index in [9.17, 15) is 13.2 Å². The number of carbonyl (C=O) groups is 1. The second-order valence-corrected chi connectivity index (χ2v) is 6.97. The Balaban J connectivity index is 2.58. The van der Waals surface area contributed by atoms with Gasteiger partial charge < -0.3 is 9.47 Å². The molecule has 0 aliphatic carbocycles. The van der Waals surface area contributed by atoms with E-state index in [1.165, 1.54) is 6.07 Å². The summed E-state index contributed by atoms with van der Waals surface area (Å²) in [5.41, 5.74) is 0.913. The maximum Gasteiger partial charge on any atom is 0.338 e. The largest absolute Gasteiger partial charge is 0.460 e. The van der Waals surface area contributed by atoms with Crippen molar-refractivity contribution in [2.24, 2.45) is 0 Å². The van der Waals surface area contributed by atoms with E-state index in [1.54, 1.807) is 18.2 Å². The van der Waals surface area contributed by atoms with Crippen LogP contribution in [-0.4, -0.2) is 40.0 Å². The molecule has 0 spiro atoms. The maximum absolute atomic E-state index is 11.8. The van der Waals surface area contributed by atoms with Crippen LogP contribution in [0.25, 0.3) is 0 Å². The molecule has 0 aliphatic rings. The lowest BCUT2D eigenvalue weighted by molar-refractivity contribution is 0.0177. The Bertz CT molecular complexity index is 548. The third kappa shape index (κ3) is 6.68. The molecule has 0 aromatic heterocycles. The van der Waals surface area contributed by atoms with E-state index in [0.717, 1.165) is 6.26 Å². The van der Waals surface area contributed by atoms with E-state index >= 15 is 0 Å². The minimum absolute atomic E-state index is 0.0896. The zero-order chi connectivity index (χ0) is 15.2. The van der Waals surface area contributed by atoms with E-state index in [1.807, 2.05) is 13.8 Å². The maximum atomic E-state index is 11.8. The number of sulfone groups is 1. The molecule has 20 heavy (non-hydrogen) atoms. The van der Waals surface area contributed by atoms with E-state index in [0.29, 0.717) is 17.7 Å². The Labute approximate surface area is 119 Å². The first kappa shape index (κ1) is 16.7. The quantitative estimate of drug-likeness (QED) is 0.567. The fraction of sp³-hybridized carbons (Fsp3) is 0.500. The van der Waals surface area contributed by atoms with Crippen molar-refractivity contribution in [1.29, 1.82) is 0 Å². The lowest BCUT2D eigenvalue weighted by Crippen LogP contribution is -2.13. The summed E-state index contributed by atoms with van der Waals surface area (Å²) in [5.74, 6) is -0.572. The Hall–Kier alpha value is -1.40. The summed E-state index contributed by atoms with van der Waals surface area (Å²) < 4.78 is 32.8. The van der Waals surface area contributed by atoms with Gasteiger partial charge in [-0.05, 0) is 31.5 Å². The lowest BCUT2D eigenvalue weighted by atomic mass is 10.1. The van der Waals surface area contributed by atoms with Gasteiger partial charge in [0.25, 0.3) is 0 Å². The molecule has 0 fully saturated rings. The average molecular weight is 300 g/mol. The Morgan fingerprint density at radius 2 is 1.95 bits per heavy atom. The Kier molecular flexibility index (Phi) is 6.16. The van der Waals surface area contributed by atoms with Crippen molar-refractivity contribution in [2.75, 3.05) is 19.5 Å². The van der Waals surface area contributed by atoms with Crippen LogP contribution in [0.15, 0.2) is 24.3 Å². The third-order valence-corrected chi connectivity index (χ3v) is 3.22. The van der Waals surface area contributed by atoms with Gasteiger partial charge in [0.1, 0.15) is 6.61 Å². The molecular formula is C14H20O5S. The smallest absolute Gasteiger partial charge is 0.338 e. The Morgan fingerprint density at radius 1 is 1.25 bits per heavy atom. The number of esters is 1. The van der Waals surface area contributed by atoms with E-state index in [-0.39, 0.29) is 18.5 Å².